The highest BCUT2D eigenvalue weighted by Crippen LogP contribution is 2.24. The van der Waals surface area contributed by atoms with Gasteiger partial charge in [-0.2, -0.15) is 0 Å². The standard InChI is InChI=1S/C15H14S/c1-4-12-6-2-8-15(12)13(5-1)9-10-14-7-3-11-16-14/h1-5,7-8,11H,6,9-10H2. The summed E-state index contributed by atoms with van der Waals surface area (Å²) in [6.45, 7) is 0. The van der Waals surface area contributed by atoms with Crippen molar-refractivity contribution in [2.75, 3.05) is 0 Å². The van der Waals surface area contributed by atoms with Crippen molar-refractivity contribution in [1.82, 2.24) is 0 Å². The lowest BCUT2D eigenvalue weighted by Crippen LogP contribution is -1.94. The van der Waals surface area contributed by atoms with Crippen LogP contribution in [0.15, 0.2) is 41.8 Å². The lowest BCUT2D eigenvalue weighted by atomic mass is 9.99. The third kappa shape index (κ3) is 1.83. The van der Waals surface area contributed by atoms with Crippen LogP contribution in [0.2, 0.25) is 0 Å². The first kappa shape index (κ1) is 9.86. The third-order valence-corrected chi connectivity index (χ3v) is 4.07. The number of aryl methyl sites for hydroxylation is 2. The molecule has 0 unspecified atom stereocenters. The second-order valence-electron chi connectivity index (χ2n) is 4.18. The normalized spacial score (nSPS) is 13.0. The van der Waals surface area contributed by atoms with E-state index in [2.05, 4.69) is 47.9 Å². The van der Waals surface area contributed by atoms with Gasteiger partial charge in [-0.3, -0.25) is 0 Å². The van der Waals surface area contributed by atoms with E-state index >= 15 is 0 Å². The summed E-state index contributed by atoms with van der Waals surface area (Å²) >= 11 is 1.86. The zero-order chi connectivity index (χ0) is 10.8. The van der Waals surface area contributed by atoms with Crippen LogP contribution in [0.3, 0.4) is 0 Å². The summed E-state index contributed by atoms with van der Waals surface area (Å²) in [5, 5.41) is 2.16. The van der Waals surface area contributed by atoms with Gasteiger partial charge < -0.3 is 0 Å². The first-order valence-corrected chi connectivity index (χ1v) is 6.61. The fraction of sp³-hybridized carbons (Fsp3) is 0.200. The Morgan fingerprint density at radius 1 is 1.06 bits per heavy atom. The molecule has 3 rings (SSSR count). The van der Waals surface area contributed by atoms with Crippen molar-refractivity contribution in [3.63, 3.8) is 0 Å². The summed E-state index contributed by atoms with van der Waals surface area (Å²) in [7, 11) is 0. The Morgan fingerprint density at radius 3 is 2.94 bits per heavy atom. The van der Waals surface area contributed by atoms with Crippen molar-refractivity contribution in [2.24, 2.45) is 0 Å². The van der Waals surface area contributed by atoms with Gasteiger partial charge in [-0.1, -0.05) is 36.4 Å². The molecule has 0 amide bonds. The average Bonchev–Trinajstić information content (AvgIpc) is 2.97. The highest BCUT2D eigenvalue weighted by atomic mass is 32.1. The second-order valence-corrected chi connectivity index (χ2v) is 5.21. The fourth-order valence-corrected chi connectivity index (χ4v) is 3.00. The van der Waals surface area contributed by atoms with Gasteiger partial charge >= 0.3 is 0 Å². The summed E-state index contributed by atoms with van der Waals surface area (Å²) in [6, 6.07) is 11.1. The van der Waals surface area contributed by atoms with Gasteiger partial charge in [0.25, 0.3) is 0 Å². The van der Waals surface area contributed by atoms with E-state index in [0.717, 1.165) is 12.8 Å². The van der Waals surface area contributed by atoms with E-state index in [1.807, 2.05) is 11.3 Å². The van der Waals surface area contributed by atoms with E-state index < -0.39 is 0 Å². The SMILES string of the molecule is C1=Cc2c(cccc2CCc2cccs2)C1. The molecule has 0 fully saturated rings. The minimum atomic E-state index is 1.11. The summed E-state index contributed by atoms with van der Waals surface area (Å²) in [5.41, 5.74) is 4.46. The Hall–Kier alpha value is -1.34. The van der Waals surface area contributed by atoms with Crippen LogP contribution in [-0.2, 0) is 19.3 Å². The van der Waals surface area contributed by atoms with Gasteiger partial charge in [0.15, 0.2) is 0 Å². The van der Waals surface area contributed by atoms with E-state index in [4.69, 9.17) is 0 Å². The molecular formula is C15H14S. The molecule has 0 saturated heterocycles. The third-order valence-electron chi connectivity index (χ3n) is 3.13. The predicted molar refractivity (Wildman–Crippen MR) is 70.9 cm³/mol. The van der Waals surface area contributed by atoms with Gasteiger partial charge in [0.05, 0.1) is 0 Å². The predicted octanol–water partition coefficient (Wildman–Crippen LogP) is 4.10. The molecule has 0 radical (unpaired) electrons. The van der Waals surface area contributed by atoms with E-state index in [1.165, 1.54) is 28.0 Å². The van der Waals surface area contributed by atoms with Crippen LogP contribution in [-0.4, -0.2) is 0 Å². The topological polar surface area (TPSA) is 0 Å². The monoisotopic (exact) mass is 226 g/mol. The smallest absolute Gasteiger partial charge is 0.00485 e. The molecule has 1 aliphatic rings. The molecule has 2 aromatic rings. The number of benzene rings is 1. The Kier molecular flexibility index (Phi) is 2.63. The molecular weight excluding hydrogens is 212 g/mol. The molecule has 80 valence electrons. The molecule has 16 heavy (non-hydrogen) atoms. The Morgan fingerprint density at radius 2 is 2.06 bits per heavy atom. The van der Waals surface area contributed by atoms with Crippen molar-refractivity contribution in [2.45, 2.75) is 19.3 Å². The van der Waals surface area contributed by atoms with Crippen molar-refractivity contribution in [3.8, 4) is 0 Å². The van der Waals surface area contributed by atoms with Gasteiger partial charge in [-0.05, 0) is 47.4 Å². The van der Waals surface area contributed by atoms with E-state index in [0.29, 0.717) is 0 Å². The van der Waals surface area contributed by atoms with Gasteiger partial charge in [0.1, 0.15) is 0 Å². The number of hydrogen-bond acceptors (Lipinski definition) is 1. The van der Waals surface area contributed by atoms with Crippen LogP contribution in [0.5, 0.6) is 0 Å². The Bertz CT molecular complexity index is 506. The fourth-order valence-electron chi connectivity index (χ4n) is 2.29. The molecule has 0 spiro atoms. The minimum absolute atomic E-state index is 1.11. The number of thiophene rings is 1. The number of allylic oxidation sites excluding steroid dienone is 1. The lowest BCUT2D eigenvalue weighted by molar-refractivity contribution is 0.975. The molecule has 1 heterocycles. The molecule has 0 aliphatic heterocycles. The van der Waals surface area contributed by atoms with Crippen molar-refractivity contribution in [1.29, 1.82) is 0 Å². The van der Waals surface area contributed by atoms with Gasteiger partial charge in [0.2, 0.25) is 0 Å². The number of hydrogen-bond donors (Lipinski definition) is 0. The average molecular weight is 226 g/mol. The van der Waals surface area contributed by atoms with Crippen LogP contribution in [0, 0.1) is 0 Å². The molecule has 0 N–H and O–H groups in total. The molecule has 0 nitrogen and oxygen atoms in total. The largest absolute Gasteiger partial charge is 0.149 e. The summed E-state index contributed by atoms with van der Waals surface area (Å²) < 4.78 is 0. The van der Waals surface area contributed by atoms with Crippen LogP contribution in [0.1, 0.15) is 21.6 Å². The van der Waals surface area contributed by atoms with Gasteiger partial charge in [0, 0.05) is 4.88 Å². The summed E-state index contributed by atoms with van der Waals surface area (Å²) in [4.78, 5) is 1.49. The first-order valence-electron chi connectivity index (χ1n) is 5.73. The maximum Gasteiger partial charge on any atom is 0.00485 e. The van der Waals surface area contributed by atoms with Crippen molar-refractivity contribution >= 4 is 17.4 Å². The maximum absolute atomic E-state index is 2.28. The van der Waals surface area contributed by atoms with E-state index in [-0.39, 0.29) is 0 Å². The lowest BCUT2D eigenvalue weighted by Gasteiger charge is -2.06. The van der Waals surface area contributed by atoms with Crippen LogP contribution >= 0.6 is 11.3 Å². The minimum Gasteiger partial charge on any atom is -0.149 e. The van der Waals surface area contributed by atoms with Crippen LogP contribution in [0.25, 0.3) is 6.08 Å². The number of fused-ring (bicyclic) bond motifs is 1. The van der Waals surface area contributed by atoms with Crippen LogP contribution < -0.4 is 0 Å². The van der Waals surface area contributed by atoms with Gasteiger partial charge in [-0.25, -0.2) is 0 Å². The van der Waals surface area contributed by atoms with E-state index in [9.17, 15) is 0 Å². The molecule has 0 atom stereocenters. The first-order chi connectivity index (χ1) is 7.93. The quantitative estimate of drug-likeness (QED) is 0.739. The molecule has 1 aromatic heterocycles. The highest BCUT2D eigenvalue weighted by molar-refractivity contribution is 7.09. The molecule has 1 aromatic carbocycles. The van der Waals surface area contributed by atoms with Gasteiger partial charge in [-0.15, -0.1) is 11.3 Å². The van der Waals surface area contributed by atoms with Crippen molar-refractivity contribution < 1.29 is 0 Å². The zero-order valence-corrected chi connectivity index (χ0v) is 9.96. The highest BCUT2D eigenvalue weighted by Gasteiger charge is 2.09. The second kappa shape index (κ2) is 4.26. The summed E-state index contributed by atoms with van der Waals surface area (Å²) in [6.07, 6.45) is 7.98. The van der Waals surface area contributed by atoms with E-state index in [1.54, 1.807) is 0 Å². The van der Waals surface area contributed by atoms with Crippen LogP contribution in [0.4, 0.5) is 0 Å². The molecule has 1 heteroatoms. The summed E-state index contributed by atoms with van der Waals surface area (Å²) in [5.74, 6) is 0. The van der Waals surface area contributed by atoms with Crippen molar-refractivity contribution in [3.05, 3.63) is 63.4 Å². The molecule has 0 bridgehead atoms. The Balaban J connectivity index is 1.80. The maximum atomic E-state index is 2.28. The Labute approximate surface area is 100 Å². The molecule has 0 saturated carbocycles. The molecule has 1 aliphatic carbocycles. The number of rotatable bonds is 3. The zero-order valence-electron chi connectivity index (χ0n) is 9.15.